The monoisotopic (exact) mass is 140 g/mol. The smallest absolute Gasteiger partial charge is 0.105 e. The highest BCUT2D eigenvalue weighted by atomic mass is 35.5. The first-order chi connectivity index (χ1) is 3.13. The molecule has 0 N–H and O–H groups in total. The van der Waals surface area contributed by atoms with Crippen LogP contribution in [0.15, 0.2) is 0 Å². The minimum atomic E-state index is -0.181. The molecule has 7 heavy (non-hydrogen) atoms. The second kappa shape index (κ2) is 3.57. The van der Waals surface area contributed by atoms with Crippen molar-refractivity contribution < 1.29 is 0 Å². The Morgan fingerprint density at radius 2 is 1.71 bits per heavy atom. The van der Waals surface area contributed by atoms with Crippen LogP contribution in [0.3, 0.4) is 0 Å². The molecule has 0 heterocycles. The summed E-state index contributed by atoms with van der Waals surface area (Å²) in [4.78, 5) is -0.181. The summed E-state index contributed by atoms with van der Waals surface area (Å²) in [5.41, 5.74) is 0. The molecule has 0 saturated carbocycles. The van der Waals surface area contributed by atoms with Crippen LogP contribution in [0.1, 0.15) is 20.3 Å². The summed E-state index contributed by atoms with van der Waals surface area (Å²) in [5.74, 6) is 0.611. The zero-order valence-corrected chi connectivity index (χ0v) is 6.13. The molecular weight excluding hydrogens is 131 g/mol. The molecule has 0 rings (SSSR count). The van der Waals surface area contributed by atoms with Gasteiger partial charge in [-0.15, -0.1) is 23.2 Å². The van der Waals surface area contributed by atoms with Crippen molar-refractivity contribution >= 4 is 23.2 Å². The second-order valence-corrected chi connectivity index (χ2v) is 3.30. The largest absolute Gasteiger partial charge is 0.108 e. The minimum Gasteiger partial charge on any atom is -0.105 e. The maximum Gasteiger partial charge on any atom is 0.108 e. The summed E-state index contributed by atoms with van der Waals surface area (Å²) in [7, 11) is 0. The molecule has 44 valence electrons. The van der Waals surface area contributed by atoms with Crippen molar-refractivity contribution in [2.75, 3.05) is 0 Å². The van der Waals surface area contributed by atoms with Crippen molar-refractivity contribution in [1.29, 1.82) is 0 Å². The van der Waals surface area contributed by atoms with Crippen LogP contribution in [0.5, 0.6) is 0 Å². The molecule has 0 bridgehead atoms. The van der Waals surface area contributed by atoms with E-state index in [1.54, 1.807) is 0 Å². The maximum absolute atomic E-state index is 5.44. The Kier molecular flexibility index (Phi) is 3.86. The van der Waals surface area contributed by atoms with Crippen LogP contribution in [0.4, 0.5) is 0 Å². The Hall–Kier alpha value is 0.580. The zero-order valence-electron chi connectivity index (χ0n) is 4.62. The number of hydrogen-bond acceptors (Lipinski definition) is 0. The Morgan fingerprint density at radius 3 is 1.71 bits per heavy atom. The molecule has 0 amide bonds. The lowest BCUT2D eigenvalue weighted by Crippen LogP contribution is -1.93. The third-order valence-electron chi connectivity index (χ3n) is 0.650. The van der Waals surface area contributed by atoms with Crippen LogP contribution in [0, 0.1) is 5.92 Å². The van der Waals surface area contributed by atoms with Crippen molar-refractivity contribution in [2.45, 2.75) is 25.1 Å². The van der Waals surface area contributed by atoms with Crippen LogP contribution in [0.2, 0.25) is 0 Å². The molecule has 0 atom stereocenters. The van der Waals surface area contributed by atoms with E-state index < -0.39 is 0 Å². The topological polar surface area (TPSA) is 0 Å². The highest BCUT2D eigenvalue weighted by molar-refractivity contribution is 6.44. The SMILES string of the molecule is CC(C)CC(Cl)Cl. The van der Waals surface area contributed by atoms with Gasteiger partial charge in [-0.25, -0.2) is 0 Å². The van der Waals surface area contributed by atoms with E-state index in [-0.39, 0.29) is 4.84 Å². The standard InChI is InChI=1S/C5H10Cl2/c1-4(2)3-5(6)7/h4-5H,3H2,1-2H3. The van der Waals surface area contributed by atoms with Gasteiger partial charge in [0.05, 0.1) is 0 Å². The third kappa shape index (κ3) is 6.58. The van der Waals surface area contributed by atoms with Gasteiger partial charge in [0.2, 0.25) is 0 Å². The summed E-state index contributed by atoms with van der Waals surface area (Å²) in [5, 5.41) is 0. The fourth-order valence-corrected chi connectivity index (χ4v) is 1.07. The highest BCUT2D eigenvalue weighted by Crippen LogP contribution is 2.12. The van der Waals surface area contributed by atoms with Gasteiger partial charge in [-0.2, -0.15) is 0 Å². The fourth-order valence-electron chi connectivity index (χ4n) is 0.356. The Balaban J connectivity index is 2.95. The predicted octanol–water partition coefficient (Wildman–Crippen LogP) is 2.84. The van der Waals surface area contributed by atoms with E-state index in [0.717, 1.165) is 6.42 Å². The molecular formula is C5H10Cl2. The van der Waals surface area contributed by atoms with Gasteiger partial charge in [-0.05, 0) is 12.3 Å². The van der Waals surface area contributed by atoms with Gasteiger partial charge in [0, 0.05) is 0 Å². The van der Waals surface area contributed by atoms with E-state index >= 15 is 0 Å². The molecule has 0 fully saturated rings. The number of hydrogen-bond donors (Lipinski definition) is 0. The molecule has 0 unspecified atom stereocenters. The predicted molar refractivity (Wildman–Crippen MR) is 34.9 cm³/mol. The fraction of sp³-hybridized carbons (Fsp3) is 1.00. The first-order valence-corrected chi connectivity index (χ1v) is 3.28. The number of alkyl halides is 2. The normalized spacial score (nSPS) is 11.1. The lowest BCUT2D eigenvalue weighted by Gasteiger charge is -2.01. The van der Waals surface area contributed by atoms with E-state index in [1.807, 2.05) is 0 Å². The lowest BCUT2D eigenvalue weighted by molar-refractivity contribution is 0.614. The molecule has 0 aliphatic carbocycles. The molecule has 0 aromatic heterocycles. The van der Waals surface area contributed by atoms with Gasteiger partial charge < -0.3 is 0 Å². The highest BCUT2D eigenvalue weighted by Gasteiger charge is 2.00. The zero-order chi connectivity index (χ0) is 5.86. The van der Waals surface area contributed by atoms with E-state index in [1.165, 1.54) is 0 Å². The molecule has 0 radical (unpaired) electrons. The van der Waals surface area contributed by atoms with E-state index in [4.69, 9.17) is 23.2 Å². The van der Waals surface area contributed by atoms with Gasteiger partial charge >= 0.3 is 0 Å². The molecule has 0 nitrogen and oxygen atoms in total. The number of rotatable bonds is 2. The maximum atomic E-state index is 5.44. The second-order valence-electron chi connectivity index (χ2n) is 2.02. The first kappa shape index (κ1) is 7.58. The number of halogens is 2. The summed E-state index contributed by atoms with van der Waals surface area (Å²) >= 11 is 10.9. The third-order valence-corrected chi connectivity index (χ3v) is 1.01. The molecule has 0 saturated heterocycles. The summed E-state index contributed by atoms with van der Waals surface area (Å²) in [6.07, 6.45) is 0.892. The summed E-state index contributed by atoms with van der Waals surface area (Å²) < 4.78 is 0. The average molecular weight is 141 g/mol. The molecule has 0 aromatic rings. The van der Waals surface area contributed by atoms with Crippen molar-refractivity contribution in [3.05, 3.63) is 0 Å². The molecule has 0 aromatic carbocycles. The van der Waals surface area contributed by atoms with Gasteiger partial charge in [0.1, 0.15) is 4.84 Å². The first-order valence-electron chi connectivity index (χ1n) is 2.41. The molecule has 0 aliphatic heterocycles. The minimum absolute atomic E-state index is 0.181. The Labute approximate surface area is 54.8 Å². The lowest BCUT2D eigenvalue weighted by atomic mass is 10.2. The average Bonchev–Trinajstić information content (AvgIpc) is 1.27. The van der Waals surface area contributed by atoms with Crippen molar-refractivity contribution in [1.82, 2.24) is 0 Å². The van der Waals surface area contributed by atoms with Crippen LogP contribution in [-0.4, -0.2) is 4.84 Å². The summed E-state index contributed by atoms with van der Waals surface area (Å²) in [6.45, 7) is 4.19. The van der Waals surface area contributed by atoms with Gasteiger partial charge in [0.25, 0.3) is 0 Å². The molecule has 0 aliphatic rings. The Morgan fingerprint density at radius 1 is 1.29 bits per heavy atom. The van der Waals surface area contributed by atoms with Crippen LogP contribution < -0.4 is 0 Å². The van der Waals surface area contributed by atoms with Crippen molar-refractivity contribution in [3.63, 3.8) is 0 Å². The van der Waals surface area contributed by atoms with Gasteiger partial charge in [0.15, 0.2) is 0 Å². The summed E-state index contributed by atoms with van der Waals surface area (Å²) in [6, 6.07) is 0. The molecule has 0 spiro atoms. The Bertz CT molecular complexity index is 35.3. The van der Waals surface area contributed by atoms with Crippen LogP contribution in [-0.2, 0) is 0 Å². The molecule has 2 heteroatoms. The van der Waals surface area contributed by atoms with Gasteiger partial charge in [-0.3, -0.25) is 0 Å². The van der Waals surface area contributed by atoms with Crippen molar-refractivity contribution in [2.24, 2.45) is 5.92 Å². The van der Waals surface area contributed by atoms with Crippen molar-refractivity contribution in [3.8, 4) is 0 Å². The quantitative estimate of drug-likeness (QED) is 0.518. The van der Waals surface area contributed by atoms with Gasteiger partial charge in [-0.1, -0.05) is 13.8 Å². The van der Waals surface area contributed by atoms with Crippen LogP contribution >= 0.6 is 23.2 Å². The van der Waals surface area contributed by atoms with E-state index in [0.29, 0.717) is 5.92 Å². The van der Waals surface area contributed by atoms with E-state index in [2.05, 4.69) is 13.8 Å². The van der Waals surface area contributed by atoms with Crippen LogP contribution in [0.25, 0.3) is 0 Å². The van der Waals surface area contributed by atoms with E-state index in [9.17, 15) is 0 Å².